The summed E-state index contributed by atoms with van der Waals surface area (Å²) in [5.41, 5.74) is -0.378. The fourth-order valence-electron chi connectivity index (χ4n) is 1.46. The van der Waals surface area contributed by atoms with Crippen LogP contribution in [0.4, 0.5) is 0 Å². The highest BCUT2D eigenvalue weighted by molar-refractivity contribution is 5.09. The first-order valence-corrected chi connectivity index (χ1v) is 4.87. The van der Waals surface area contributed by atoms with Crippen molar-refractivity contribution < 1.29 is 9.47 Å². The molecule has 0 saturated carbocycles. The SMILES string of the molecule is CC#CC(C)(C)OC1CCCCO1. The van der Waals surface area contributed by atoms with Crippen LogP contribution in [0, 0.1) is 11.8 Å². The van der Waals surface area contributed by atoms with Gasteiger partial charge in [-0.3, -0.25) is 0 Å². The van der Waals surface area contributed by atoms with Crippen molar-refractivity contribution in [1.82, 2.24) is 0 Å². The van der Waals surface area contributed by atoms with Gasteiger partial charge in [-0.1, -0.05) is 5.92 Å². The zero-order valence-corrected chi connectivity index (χ0v) is 8.72. The van der Waals surface area contributed by atoms with Crippen molar-refractivity contribution in [3.05, 3.63) is 0 Å². The molecule has 1 rings (SSSR count). The van der Waals surface area contributed by atoms with Crippen LogP contribution in [0.2, 0.25) is 0 Å². The average Bonchev–Trinajstić information content (AvgIpc) is 2.04. The molecule has 1 aliphatic rings. The zero-order valence-electron chi connectivity index (χ0n) is 8.72. The third kappa shape index (κ3) is 3.80. The van der Waals surface area contributed by atoms with Crippen molar-refractivity contribution in [1.29, 1.82) is 0 Å². The molecule has 1 saturated heterocycles. The van der Waals surface area contributed by atoms with Crippen molar-refractivity contribution in [3.63, 3.8) is 0 Å². The molecule has 0 aliphatic carbocycles. The maximum Gasteiger partial charge on any atom is 0.159 e. The van der Waals surface area contributed by atoms with Crippen LogP contribution in [-0.2, 0) is 9.47 Å². The smallest absolute Gasteiger partial charge is 0.159 e. The lowest BCUT2D eigenvalue weighted by molar-refractivity contribution is -0.199. The largest absolute Gasteiger partial charge is 0.353 e. The van der Waals surface area contributed by atoms with Crippen molar-refractivity contribution in [2.24, 2.45) is 0 Å². The monoisotopic (exact) mass is 182 g/mol. The third-order valence-electron chi connectivity index (χ3n) is 1.99. The fourth-order valence-corrected chi connectivity index (χ4v) is 1.46. The van der Waals surface area contributed by atoms with Gasteiger partial charge in [0.2, 0.25) is 0 Å². The normalized spacial score (nSPS) is 23.5. The summed E-state index contributed by atoms with van der Waals surface area (Å²) in [5.74, 6) is 5.88. The lowest BCUT2D eigenvalue weighted by Gasteiger charge is -2.29. The predicted octanol–water partition coefficient (Wildman–Crippen LogP) is 2.33. The molecular formula is C11H18O2. The van der Waals surface area contributed by atoms with Gasteiger partial charge in [0.25, 0.3) is 0 Å². The Kier molecular flexibility index (Phi) is 3.77. The van der Waals surface area contributed by atoms with Crippen LogP contribution in [0.15, 0.2) is 0 Å². The Morgan fingerprint density at radius 1 is 1.38 bits per heavy atom. The van der Waals surface area contributed by atoms with Crippen LogP contribution in [0.25, 0.3) is 0 Å². The Morgan fingerprint density at radius 3 is 2.69 bits per heavy atom. The predicted molar refractivity (Wildman–Crippen MR) is 52.2 cm³/mol. The third-order valence-corrected chi connectivity index (χ3v) is 1.99. The Morgan fingerprint density at radius 2 is 2.15 bits per heavy atom. The highest BCUT2D eigenvalue weighted by Crippen LogP contribution is 2.19. The first-order valence-electron chi connectivity index (χ1n) is 4.87. The Balaban J connectivity index is 2.40. The molecule has 0 radical (unpaired) electrons. The van der Waals surface area contributed by atoms with Crippen LogP contribution in [0.5, 0.6) is 0 Å². The maximum atomic E-state index is 5.72. The van der Waals surface area contributed by atoms with E-state index in [1.807, 2.05) is 20.8 Å². The van der Waals surface area contributed by atoms with Gasteiger partial charge < -0.3 is 9.47 Å². The van der Waals surface area contributed by atoms with E-state index in [0.717, 1.165) is 19.4 Å². The Labute approximate surface area is 80.6 Å². The number of hydrogen-bond donors (Lipinski definition) is 0. The fraction of sp³-hybridized carbons (Fsp3) is 0.818. The van der Waals surface area contributed by atoms with Crippen molar-refractivity contribution in [2.45, 2.75) is 51.9 Å². The van der Waals surface area contributed by atoms with Crippen molar-refractivity contribution >= 4 is 0 Å². The number of hydrogen-bond acceptors (Lipinski definition) is 2. The molecule has 0 N–H and O–H groups in total. The molecule has 1 fully saturated rings. The molecule has 0 spiro atoms. The first kappa shape index (κ1) is 10.6. The molecule has 0 bridgehead atoms. The van der Waals surface area contributed by atoms with E-state index in [9.17, 15) is 0 Å². The van der Waals surface area contributed by atoms with Gasteiger partial charge in [-0.05, 0) is 40.0 Å². The van der Waals surface area contributed by atoms with Gasteiger partial charge in [-0.25, -0.2) is 0 Å². The van der Waals surface area contributed by atoms with E-state index in [2.05, 4.69) is 11.8 Å². The highest BCUT2D eigenvalue weighted by atomic mass is 16.7. The summed E-state index contributed by atoms with van der Waals surface area (Å²) in [6.45, 7) is 6.59. The highest BCUT2D eigenvalue weighted by Gasteiger charge is 2.23. The van der Waals surface area contributed by atoms with Crippen LogP contribution >= 0.6 is 0 Å². The molecule has 2 heteroatoms. The summed E-state index contributed by atoms with van der Waals surface area (Å²) in [7, 11) is 0. The van der Waals surface area contributed by atoms with Gasteiger partial charge in [0, 0.05) is 6.61 Å². The first-order chi connectivity index (χ1) is 6.14. The Bertz CT molecular complexity index is 204. The molecule has 0 aromatic carbocycles. The second kappa shape index (κ2) is 4.64. The van der Waals surface area contributed by atoms with Crippen LogP contribution in [-0.4, -0.2) is 18.5 Å². The maximum absolute atomic E-state index is 5.72. The van der Waals surface area contributed by atoms with E-state index in [1.54, 1.807) is 0 Å². The van der Waals surface area contributed by atoms with Crippen LogP contribution in [0.3, 0.4) is 0 Å². The van der Waals surface area contributed by atoms with Crippen LogP contribution < -0.4 is 0 Å². The van der Waals surface area contributed by atoms with E-state index in [-0.39, 0.29) is 11.9 Å². The minimum Gasteiger partial charge on any atom is -0.353 e. The van der Waals surface area contributed by atoms with E-state index in [4.69, 9.17) is 9.47 Å². The summed E-state index contributed by atoms with van der Waals surface area (Å²) in [5, 5.41) is 0. The van der Waals surface area contributed by atoms with Crippen molar-refractivity contribution in [2.75, 3.05) is 6.61 Å². The van der Waals surface area contributed by atoms with Gasteiger partial charge in [-0.15, -0.1) is 5.92 Å². The van der Waals surface area contributed by atoms with Crippen LogP contribution in [0.1, 0.15) is 40.0 Å². The summed E-state index contributed by atoms with van der Waals surface area (Å²) in [6, 6.07) is 0. The van der Waals surface area contributed by atoms with Gasteiger partial charge in [-0.2, -0.15) is 0 Å². The molecule has 0 aromatic rings. The summed E-state index contributed by atoms with van der Waals surface area (Å²) in [6.07, 6.45) is 3.29. The molecule has 1 unspecified atom stereocenters. The van der Waals surface area contributed by atoms with Gasteiger partial charge >= 0.3 is 0 Å². The van der Waals surface area contributed by atoms with E-state index < -0.39 is 0 Å². The summed E-state index contributed by atoms with van der Waals surface area (Å²) in [4.78, 5) is 0. The van der Waals surface area contributed by atoms with Crippen molar-refractivity contribution in [3.8, 4) is 11.8 Å². The molecule has 0 amide bonds. The molecule has 0 aromatic heterocycles. The topological polar surface area (TPSA) is 18.5 Å². The Hall–Kier alpha value is -0.520. The molecular weight excluding hydrogens is 164 g/mol. The number of ether oxygens (including phenoxy) is 2. The number of rotatable bonds is 2. The summed E-state index contributed by atoms with van der Waals surface area (Å²) >= 11 is 0. The zero-order chi connectivity index (χ0) is 9.73. The molecule has 1 heterocycles. The average molecular weight is 182 g/mol. The van der Waals surface area contributed by atoms with E-state index >= 15 is 0 Å². The molecule has 13 heavy (non-hydrogen) atoms. The van der Waals surface area contributed by atoms with Gasteiger partial charge in [0.1, 0.15) is 5.60 Å². The minimum absolute atomic E-state index is 0.0513. The molecule has 1 aliphatic heterocycles. The standard InChI is InChI=1S/C11H18O2/c1-4-8-11(2,3)13-10-7-5-6-9-12-10/h10H,5-7,9H2,1-3H3. The molecule has 1 atom stereocenters. The van der Waals surface area contributed by atoms with E-state index in [1.165, 1.54) is 6.42 Å². The van der Waals surface area contributed by atoms with Gasteiger partial charge in [0.05, 0.1) is 0 Å². The summed E-state index contributed by atoms with van der Waals surface area (Å²) < 4.78 is 11.2. The lowest BCUT2D eigenvalue weighted by atomic mass is 10.1. The second-order valence-electron chi connectivity index (χ2n) is 3.80. The van der Waals surface area contributed by atoms with E-state index in [0.29, 0.717) is 0 Å². The second-order valence-corrected chi connectivity index (χ2v) is 3.80. The van der Waals surface area contributed by atoms with Gasteiger partial charge in [0.15, 0.2) is 6.29 Å². The quantitative estimate of drug-likeness (QED) is 0.610. The lowest BCUT2D eigenvalue weighted by Crippen LogP contribution is -2.33. The molecule has 74 valence electrons. The minimum atomic E-state index is -0.378. The molecule has 2 nitrogen and oxygen atoms in total.